The Morgan fingerprint density at radius 1 is 1.33 bits per heavy atom. The van der Waals surface area contributed by atoms with Crippen molar-refractivity contribution in [2.24, 2.45) is 0 Å². The van der Waals surface area contributed by atoms with Crippen molar-refractivity contribution in [2.45, 2.75) is 6.92 Å². The van der Waals surface area contributed by atoms with E-state index in [-0.39, 0.29) is 5.91 Å². The zero-order valence-corrected chi connectivity index (χ0v) is 12.6. The molecule has 3 rings (SSSR count). The fourth-order valence-corrected chi connectivity index (χ4v) is 2.46. The number of carbonyl (C=O) groups is 1. The molecule has 0 fully saturated rings. The summed E-state index contributed by atoms with van der Waals surface area (Å²) < 4.78 is 1.70. The third-order valence-electron chi connectivity index (χ3n) is 2.89. The van der Waals surface area contributed by atoms with Gasteiger partial charge in [0.05, 0.1) is 11.2 Å². The molecular formula is C14H11ClN4OS. The van der Waals surface area contributed by atoms with Gasteiger partial charge in [0, 0.05) is 22.2 Å². The summed E-state index contributed by atoms with van der Waals surface area (Å²) in [6, 6.07) is 7.31. The number of hydrogen-bond acceptors (Lipinski definition) is 4. The van der Waals surface area contributed by atoms with E-state index in [0.717, 1.165) is 11.3 Å². The molecule has 0 saturated carbocycles. The van der Waals surface area contributed by atoms with Gasteiger partial charge in [-0.25, -0.2) is 9.67 Å². The van der Waals surface area contributed by atoms with Gasteiger partial charge in [-0.1, -0.05) is 11.6 Å². The number of hydrogen-bond donors (Lipinski definition) is 1. The maximum Gasteiger partial charge on any atom is 0.276 e. The molecular weight excluding hydrogens is 308 g/mol. The van der Waals surface area contributed by atoms with Gasteiger partial charge >= 0.3 is 0 Å². The number of carbonyl (C=O) groups excluding carboxylic acids is 1. The number of halogens is 1. The Kier molecular flexibility index (Phi) is 3.72. The van der Waals surface area contributed by atoms with E-state index >= 15 is 0 Å². The molecule has 0 radical (unpaired) electrons. The molecule has 0 spiro atoms. The zero-order chi connectivity index (χ0) is 14.8. The van der Waals surface area contributed by atoms with Gasteiger partial charge in [0.25, 0.3) is 5.91 Å². The lowest BCUT2D eigenvalue weighted by Crippen LogP contribution is -2.13. The van der Waals surface area contributed by atoms with E-state index in [0.29, 0.717) is 16.5 Å². The third-order valence-corrected chi connectivity index (χ3v) is 3.72. The molecule has 0 aliphatic heterocycles. The Hall–Kier alpha value is -2.18. The summed E-state index contributed by atoms with van der Waals surface area (Å²) in [6.07, 6.45) is 1.85. The van der Waals surface area contributed by atoms with Crippen molar-refractivity contribution in [3.8, 4) is 5.69 Å². The van der Waals surface area contributed by atoms with Crippen LogP contribution in [-0.4, -0.2) is 20.7 Å². The van der Waals surface area contributed by atoms with Crippen LogP contribution >= 0.6 is 22.9 Å². The van der Waals surface area contributed by atoms with Crippen molar-refractivity contribution < 1.29 is 4.79 Å². The fraction of sp³-hybridized carbons (Fsp3) is 0.0714. The predicted octanol–water partition coefficient (Wildman–Crippen LogP) is 3.54. The minimum absolute atomic E-state index is 0.263. The summed E-state index contributed by atoms with van der Waals surface area (Å²) in [7, 11) is 0. The van der Waals surface area contributed by atoms with Crippen LogP contribution < -0.4 is 5.32 Å². The molecule has 2 aromatic heterocycles. The van der Waals surface area contributed by atoms with Gasteiger partial charge in [-0.2, -0.15) is 0 Å². The highest BCUT2D eigenvalue weighted by Gasteiger charge is 2.13. The van der Waals surface area contributed by atoms with Crippen molar-refractivity contribution in [3.63, 3.8) is 0 Å². The van der Waals surface area contributed by atoms with Crippen molar-refractivity contribution in [1.82, 2.24) is 14.8 Å². The largest absolute Gasteiger partial charge is 0.303 e. The Morgan fingerprint density at radius 2 is 2.10 bits per heavy atom. The normalized spacial score (nSPS) is 10.6. The van der Waals surface area contributed by atoms with Gasteiger partial charge in [0.2, 0.25) is 0 Å². The van der Waals surface area contributed by atoms with E-state index in [9.17, 15) is 4.79 Å². The van der Waals surface area contributed by atoms with Crippen LogP contribution in [0.1, 0.15) is 16.1 Å². The number of nitrogens with one attached hydrogen (secondary N) is 1. The quantitative estimate of drug-likeness (QED) is 0.803. The molecule has 106 valence electrons. The van der Waals surface area contributed by atoms with E-state index in [2.05, 4.69) is 15.4 Å². The van der Waals surface area contributed by atoms with Crippen LogP contribution in [0.25, 0.3) is 5.69 Å². The Bertz CT molecular complexity index is 765. The smallest absolute Gasteiger partial charge is 0.276 e. The summed E-state index contributed by atoms with van der Waals surface area (Å²) in [5, 5.41) is 9.50. The molecule has 0 aliphatic carbocycles. The van der Waals surface area contributed by atoms with Crippen LogP contribution in [0.2, 0.25) is 5.02 Å². The first-order chi connectivity index (χ1) is 10.1. The minimum atomic E-state index is -0.263. The third kappa shape index (κ3) is 2.96. The Balaban J connectivity index is 1.84. The van der Waals surface area contributed by atoms with Crippen LogP contribution in [-0.2, 0) is 0 Å². The molecule has 0 unspecified atom stereocenters. The molecule has 2 heterocycles. The van der Waals surface area contributed by atoms with Crippen molar-refractivity contribution in [3.05, 3.63) is 57.6 Å². The second kappa shape index (κ2) is 5.67. The number of aryl methyl sites for hydroxylation is 1. The number of nitrogens with zero attached hydrogens (tertiary/aromatic N) is 3. The van der Waals surface area contributed by atoms with Crippen LogP contribution in [0.5, 0.6) is 0 Å². The van der Waals surface area contributed by atoms with Crippen LogP contribution in [0, 0.1) is 6.92 Å². The fourth-order valence-electron chi connectivity index (χ4n) is 1.81. The first kappa shape index (κ1) is 13.8. The van der Waals surface area contributed by atoms with E-state index in [1.807, 2.05) is 25.3 Å². The molecule has 0 bridgehead atoms. The van der Waals surface area contributed by atoms with E-state index in [4.69, 9.17) is 11.6 Å². The van der Waals surface area contributed by atoms with Gasteiger partial charge < -0.3 is 5.32 Å². The summed E-state index contributed by atoms with van der Waals surface area (Å²) in [5.74, 6) is 0.253. The van der Waals surface area contributed by atoms with Crippen LogP contribution in [0.15, 0.2) is 41.4 Å². The first-order valence-corrected chi connectivity index (χ1v) is 7.47. The number of rotatable bonds is 3. The van der Waals surface area contributed by atoms with Gasteiger partial charge in [-0.3, -0.25) is 4.79 Å². The predicted molar refractivity (Wildman–Crippen MR) is 83.4 cm³/mol. The lowest BCUT2D eigenvalue weighted by molar-refractivity contribution is 0.102. The summed E-state index contributed by atoms with van der Waals surface area (Å²) in [5.41, 5.74) is 3.75. The molecule has 1 N–H and O–H groups in total. The molecule has 0 saturated heterocycles. The summed E-state index contributed by atoms with van der Waals surface area (Å²) >= 11 is 7.24. The summed E-state index contributed by atoms with van der Waals surface area (Å²) in [4.78, 5) is 16.0. The standard InChI is InChI=1S/C14H11ClN4OS/c1-9-6-19(11-4-2-10(15)3-5-11)18-13(9)17-14(20)12-7-21-8-16-12/h2-8H,1H3,(H,17,18,20). The van der Waals surface area contributed by atoms with Crippen LogP contribution in [0.4, 0.5) is 5.82 Å². The summed E-state index contributed by atoms with van der Waals surface area (Å²) in [6.45, 7) is 1.88. The van der Waals surface area contributed by atoms with Crippen molar-refractivity contribution in [1.29, 1.82) is 0 Å². The maximum absolute atomic E-state index is 12.0. The zero-order valence-electron chi connectivity index (χ0n) is 11.1. The molecule has 1 amide bonds. The highest BCUT2D eigenvalue weighted by atomic mass is 35.5. The molecule has 5 nitrogen and oxygen atoms in total. The SMILES string of the molecule is Cc1cn(-c2ccc(Cl)cc2)nc1NC(=O)c1cscn1. The number of aromatic nitrogens is 3. The van der Waals surface area contributed by atoms with Gasteiger partial charge in [-0.05, 0) is 31.2 Å². The molecule has 21 heavy (non-hydrogen) atoms. The van der Waals surface area contributed by atoms with Gasteiger partial charge in [0.15, 0.2) is 5.82 Å². The minimum Gasteiger partial charge on any atom is -0.303 e. The highest BCUT2D eigenvalue weighted by molar-refractivity contribution is 7.07. The Morgan fingerprint density at radius 3 is 2.76 bits per heavy atom. The molecule has 3 aromatic rings. The second-order valence-electron chi connectivity index (χ2n) is 4.41. The van der Waals surface area contributed by atoms with Crippen molar-refractivity contribution in [2.75, 3.05) is 5.32 Å². The maximum atomic E-state index is 12.0. The van der Waals surface area contributed by atoms with E-state index in [1.165, 1.54) is 11.3 Å². The van der Waals surface area contributed by atoms with E-state index < -0.39 is 0 Å². The number of benzene rings is 1. The average molecular weight is 319 g/mol. The van der Waals surface area contributed by atoms with Crippen molar-refractivity contribution >= 4 is 34.7 Å². The first-order valence-electron chi connectivity index (χ1n) is 6.15. The second-order valence-corrected chi connectivity index (χ2v) is 5.56. The lowest BCUT2D eigenvalue weighted by atomic mass is 10.3. The topological polar surface area (TPSA) is 59.8 Å². The average Bonchev–Trinajstić information content (AvgIpc) is 3.10. The molecule has 1 aromatic carbocycles. The molecule has 0 aliphatic rings. The van der Waals surface area contributed by atoms with Crippen LogP contribution in [0.3, 0.4) is 0 Å². The highest BCUT2D eigenvalue weighted by Crippen LogP contribution is 2.18. The molecule has 7 heteroatoms. The van der Waals surface area contributed by atoms with Gasteiger partial charge in [0.1, 0.15) is 5.69 Å². The molecule has 0 atom stereocenters. The number of thiazole rings is 1. The monoisotopic (exact) mass is 318 g/mol. The number of amides is 1. The number of anilines is 1. The van der Waals surface area contributed by atoms with Gasteiger partial charge in [-0.15, -0.1) is 16.4 Å². The Labute approximate surface area is 130 Å². The lowest BCUT2D eigenvalue weighted by Gasteiger charge is -2.01. The van der Waals surface area contributed by atoms with E-state index in [1.54, 1.807) is 27.7 Å².